The summed E-state index contributed by atoms with van der Waals surface area (Å²) in [5.41, 5.74) is 14.8. The van der Waals surface area contributed by atoms with Gasteiger partial charge in [0.05, 0.1) is 0 Å². The van der Waals surface area contributed by atoms with Crippen molar-refractivity contribution in [3.8, 4) is 0 Å². The van der Waals surface area contributed by atoms with E-state index in [1.165, 1.54) is 26.7 Å². The molecule has 0 saturated heterocycles. The Morgan fingerprint density at radius 3 is 1.15 bits per heavy atom. The molecule has 0 amide bonds. The lowest BCUT2D eigenvalue weighted by molar-refractivity contribution is 1.48. The van der Waals surface area contributed by atoms with Crippen molar-refractivity contribution in [3.05, 3.63) is 35.9 Å². The van der Waals surface area contributed by atoms with E-state index in [1.807, 2.05) is 18.2 Å². The first-order chi connectivity index (χ1) is 6.39. The van der Waals surface area contributed by atoms with Crippen LogP contribution in [0.5, 0.6) is 0 Å². The van der Waals surface area contributed by atoms with Gasteiger partial charge in [-0.05, 0) is 28.1 Å². The van der Waals surface area contributed by atoms with E-state index in [-0.39, 0.29) is 0 Å². The molecule has 78 valence electrons. The third-order valence-electron chi connectivity index (χ3n) is 0.940. The van der Waals surface area contributed by atoms with Gasteiger partial charge in [-0.1, -0.05) is 35.9 Å². The number of hydrogen-bond donors (Lipinski definition) is 3. The summed E-state index contributed by atoms with van der Waals surface area (Å²) in [6, 6.07) is 10.3. The summed E-state index contributed by atoms with van der Waals surface area (Å²) in [5, 5.41) is 0. The summed E-state index contributed by atoms with van der Waals surface area (Å²) in [4.78, 5) is 0. The fourth-order valence-corrected chi connectivity index (χ4v) is 0.534. The van der Waals surface area contributed by atoms with E-state index in [9.17, 15) is 0 Å². The van der Waals surface area contributed by atoms with Gasteiger partial charge < -0.3 is 17.2 Å². The number of aryl methyl sites for hydroxylation is 1. The maximum Gasteiger partial charge on any atom is -0.0195 e. The Hall–Kier alpha value is -0.900. The van der Waals surface area contributed by atoms with Crippen molar-refractivity contribution in [2.45, 2.75) is 6.92 Å². The van der Waals surface area contributed by atoms with Crippen molar-refractivity contribution < 1.29 is 0 Å². The van der Waals surface area contributed by atoms with Crippen LogP contribution in [0.25, 0.3) is 0 Å². The lowest BCUT2D eigenvalue weighted by atomic mass is 10.2. The normalized spacial score (nSPS) is 6.08. The fourth-order valence-electron chi connectivity index (χ4n) is 0.534. The van der Waals surface area contributed by atoms with E-state index in [2.05, 4.69) is 36.3 Å². The smallest absolute Gasteiger partial charge is 0.0195 e. The zero-order valence-electron chi connectivity index (χ0n) is 9.12. The van der Waals surface area contributed by atoms with E-state index in [4.69, 9.17) is 0 Å². The molecule has 0 bridgehead atoms. The molecule has 13 heavy (non-hydrogen) atoms. The predicted octanol–water partition coefficient (Wildman–Crippen LogP) is 0.720. The molecule has 1 aromatic rings. The monoisotopic (exact) mass is 185 g/mol. The Labute approximate surface area is 81.9 Å². The standard InChI is InChI=1S/C7H8.3CH5N/c1-7-5-3-2-4-6-7;3*1-2/h2-6H,1H3;3*2H2,1H3. The Morgan fingerprint density at radius 1 is 0.692 bits per heavy atom. The minimum Gasteiger partial charge on any atom is -0.333 e. The maximum absolute atomic E-state index is 4.50. The van der Waals surface area contributed by atoms with Crippen LogP contribution in [0.1, 0.15) is 5.56 Å². The largest absolute Gasteiger partial charge is 0.333 e. The van der Waals surface area contributed by atoms with Crippen LogP contribution in [-0.4, -0.2) is 21.1 Å². The number of rotatable bonds is 0. The van der Waals surface area contributed by atoms with Crippen molar-refractivity contribution in [1.82, 2.24) is 0 Å². The lowest BCUT2D eigenvalue weighted by Gasteiger charge is -1.82. The van der Waals surface area contributed by atoms with Crippen LogP contribution in [0.2, 0.25) is 0 Å². The molecule has 0 unspecified atom stereocenters. The van der Waals surface area contributed by atoms with Crippen molar-refractivity contribution in [2.75, 3.05) is 21.1 Å². The minimum atomic E-state index is 1.32. The van der Waals surface area contributed by atoms with Crippen molar-refractivity contribution in [3.63, 3.8) is 0 Å². The topological polar surface area (TPSA) is 78.1 Å². The highest BCUT2D eigenvalue weighted by molar-refractivity contribution is 5.11. The van der Waals surface area contributed by atoms with Crippen LogP contribution >= 0.6 is 0 Å². The third-order valence-corrected chi connectivity index (χ3v) is 0.940. The van der Waals surface area contributed by atoms with Crippen LogP contribution in [0, 0.1) is 6.92 Å². The molecule has 0 spiro atoms. The lowest BCUT2D eigenvalue weighted by Crippen LogP contribution is -1.69. The summed E-state index contributed by atoms with van der Waals surface area (Å²) >= 11 is 0. The Bertz CT molecular complexity index is 140. The van der Waals surface area contributed by atoms with Gasteiger partial charge in [0.1, 0.15) is 0 Å². The zero-order chi connectivity index (χ0) is 11.1. The molecule has 3 heteroatoms. The molecule has 0 heterocycles. The van der Waals surface area contributed by atoms with Gasteiger partial charge in [0.15, 0.2) is 0 Å². The average molecular weight is 185 g/mol. The number of hydrogen-bond acceptors (Lipinski definition) is 3. The van der Waals surface area contributed by atoms with E-state index >= 15 is 0 Å². The number of benzene rings is 1. The van der Waals surface area contributed by atoms with Gasteiger partial charge in [0, 0.05) is 0 Å². The fraction of sp³-hybridized carbons (Fsp3) is 0.400. The summed E-state index contributed by atoms with van der Waals surface area (Å²) in [5.74, 6) is 0. The molecule has 0 aromatic heterocycles. The van der Waals surface area contributed by atoms with E-state index in [0.717, 1.165) is 0 Å². The summed E-state index contributed by atoms with van der Waals surface area (Å²) < 4.78 is 0. The third kappa shape index (κ3) is 18.2. The van der Waals surface area contributed by atoms with Crippen molar-refractivity contribution in [1.29, 1.82) is 0 Å². The molecular weight excluding hydrogens is 162 g/mol. The molecule has 1 rings (SSSR count). The van der Waals surface area contributed by atoms with E-state index < -0.39 is 0 Å². The van der Waals surface area contributed by atoms with Crippen LogP contribution in [0.4, 0.5) is 0 Å². The van der Waals surface area contributed by atoms with Gasteiger partial charge in [-0.2, -0.15) is 0 Å². The molecule has 0 fully saturated rings. The number of nitrogens with two attached hydrogens (primary N) is 3. The first-order valence-corrected chi connectivity index (χ1v) is 4.14. The molecule has 0 aliphatic rings. The molecular formula is C10H23N3. The molecule has 0 aliphatic heterocycles. The van der Waals surface area contributed by atoms with Crippen molar-refractivity contribution in [2.24, 2.45) is 17.2 Å². The minimum absolute atomic E-state index is 1.32. The maximum atomic E-state index is 4.50. The first kappa shape index (κ1) is 18.0. The second kappa shape index (κ2) is 22.5. The van der Waals surface area contributed by atoms with Gasteiger partial charge in [-0.25, -0.2) is 0 Å². The van der Waals surface area contributed by atoms with Gasteiger partial charge in [0.25, 0.3) is 0 Å². The van der Waals surface area contributed by atoms with Crippen LogP contribution in [0.3, 0.4) is 0 Å². The molecule has 0 atom stereocenters. The van der Waals surface area contributed by atoms with E-state index in [0.29, 0.717) is 0 Å². The summed E-state index contributed by atoms with van der Waals surface area (Å²) in [6.45, 7) is 2.08. The van der Waals surface area contributed by atoms with Crippen LogP contribution in [0.15, 0.2) is 30.3 Å². The average Bonchev–Trinajstić information content (AvgIpc) is 2.28. The molecule has 0 aliphatic carbocycles. The van der Waals surface area contributed by atoms with Crippen LogP contribution in [-0.2, 0) is 0 Å². The highest BCUT2D eigenvalue weighted by atomic mass is 14.4. The first-order valence-electron chi connectivity index (χ1n) is 4.14. The Morgan fingerprint density at radius 2 is 1.00 bits per heavy atom. The summed E-state index contributed by atoms with van der Waals surface area (Å²) in [7, 11) is 4.50. The van der Waals surface area contributed by atoms with Gasteiger partial charge in [-0.3, -0.25) is 0 Å². The summed E-state index contributed by atoms with van der Waals surface area (Å²) in [6.07, 6.45) is 0. The SMILES string of the molecule is CN.CN.CN.Cc1ccccc1. The van der Waals surface area contributed by atoms with E-state index in [1.54, 1.807) is 0 Å². The second-order valence-corrected chi connectivity index (χ2v) is 1.65. The molecule has 0 saturated carbocycles. The zero-order valence-corrected chi connectivity index (χ0v) is 9.12. The van der Waals surface area contributed by atoms with Crippen LogP contribution < -0.4 is 17.2 Å². The highest BCUT2D eigenvalue weighted by Crippen LogP contribution is 1.92. The molecule has 1 aromatic carbocycles. The van der Waals surface area contributed by atoms with Gasteiger partial charge >= 0.3 is 0 Å². The Kier molecular flexibility index (Phi) is 31.1. The van der Waals surface area contributed by atoms with Gasteiger partial charge in [0.2, 0.25) is 0 Å². The Balaban J connectivity index is -0.000000144. The molecule has 0 radical (unpaired) electrons. The predicted molar refractivity (Wildman–Crippen MR) is 61.5 cm³/mol. The van der Waals surface area contributed by atoms with Crippen molar-refractivity contribution >= 4 is 0 Å². The van der Waals surface area contributed by atoms with Gasteiger partial charge in [-0.15, -0.1) is 0 Å². The molecule has 6 N–H and O–H groups in total. The molecule has 3 nitrogen and oxygen atoms in total. The quantitative estimate of drug-likeness (QED) is 0.557. The highest BCUT2D eigenvalue weighted by Gasteiger charge is 1.72. The second-order valence-electron chi connectivity index (χ2n) is 1.65.